The molecular formula is C12H16N2O3S2. The van der Waals surface area contributed by atoms with Gasteiger partial charge in [0.15, 0.2) is 0 Å². The Morgan fingerprint density at radius 1 is 1.47 bits per heavy atom. The van der Waals surface area contributed by atoms with Crippen LogP contribution in [0.5, 0.6) is 0 Å². The summed E-state index contributed by atoms with van der Waals surface area (Å²) in [5.74, 6) is 0.446. The van der Waals surface area contributed by atoms with E-state index in [1.165, 1.54) is 18.2 Å². The fourth-order valence-electron chi connectivity index (χ4n) is 1.47. The number of hydrogen-bond donors (Lipinski definition) is 1. The van der Waals surface area contributed by atoms with Crippen LogP contribution in [0, 0.1) is 11.3 Å². The minimum atomic E-state index is -3.64. The lowest BCUT2D eigenvalue weighted by molar-refractivity contribution is 0.555. The van der Waals surface area contributed by atoms with Gasteiger partial charge < -0.3 is 0 Å². The number of nitriles is 1. The van der Waals surface area contributed by atoms with E-state index >= 15 is 0 Å². The first-order valence-corrected chi connectivity index (χ1v) is 8.88. The molecule has 1 N–H and O–H groups in total. The lowest BCUT2D eigenvalue weighted by atomic mass is 10.2. The maximum Gasteiger partial charge on any atom is 0.240 e. The van der Waals surface area contributed by atoms with E-state index in [1.807, 2.05) is 6.07 Å². The molecule has 0 saturated carbocycles. The molecule has 0 saturated heterocycles. The molecular weight excluding hydrogens is 284 g/mol. The van der Waals surface area contributed by atoms with E-state index < -0.39 is 20.8 Å². The first kappa shape index (κ1) is 15.8. The molecule has 0 fully saturated rings. The number of sulfonamides is 1. The predicted molar refractivity (Wildman–Crippen MR) is 74.5 cm³/mol. The number of nitrogens with zero attached hydrogens (tertiary/aromatic N) is 1. The highest BCUT2D eigenvalue weighted by Gasteiger charge is 2.17. The number of nitrogens with one attached hydrogen (secondary N) is 1. The molecule has 1 aromatic rings. The summed E-state index contributed by atoms with van der Waals surface area (Å²) in [6, 6.07) is 7.43. The van der Waals surface area contributed by atoms with Gasteiger partial charge in [-0.05, 0) is 31.5 Å². The Labute approximate surface area is 116 Å². The third kappa shape index (κ3) is 5.11. The number of benzene rings is 1. The molecule has 1 rings (SSSR count). The first-order valence-electron chi connectivity index (χ1n) is 5.67. The van der Waals surface area contributed by atoms with Crippen molar-refractivity contribution in [3.63, 3.8) is 0 Å². The molecule has 0 bridgehead atoms. The quantitative estimate of drug-likeness (QED) is 0.849. The van der Waals surface area contributed by atoms with Gasteiger partial charge in [-0.25, -0.2) is 13.1 Å². The van der Waals surface area contributed by atoms with Crippen LogP contribution in [-0.4, -0.2) is 30.7 Å². The van der Waals surface area contributed by atoms with Crippen LogP contribution in [-0.2, 0) is 20.8 Å². The maximum absolute atomic E-state index is 12.1. The molecule has 0 aromatic heterocycles. The average molecular weight is 300 g/mol. The summed E-state index contributed by atoms with van der Waals surface area (Å²) < 4.78 is 37.6. The first-order chi connectivity index (χ1) is 8.85. The summed E-state index contributed by atoms with van der Waals surface area (Å²) in [6.07, 6.45) is 2.08. The summed E-state index contributed by atoms with van der Waals surface area (Å²) in [5, 5.41) is 8.76. The monoisotopic (exact) mass is 300 g/mol. The standard InChI is InChI=1S/C12H16N2O3S2/c1-10(6-7-18(2)15)14-19(16,17)12-5-3-4-11(8-12)9-13/h3-5,8,10,14H,6-7H2,1-2H3. The van der Waals surface area contributed by atoms with Crippen LogP contribution in [0.15, 0.2) is 29.2 Å². The van der Waals surface area contributed by atoms with E-state index in [2.05, 4.69) is 4.72 Å². The highest BCUT2D eigenvalue weighted by Crippen LogP contribution is 2.12. The molecule has 5 nitrogen and oxygen atoms in total. The normalized spacial score (nSPS) is 14.6. The second kappa shape index (κ2) is 6.80. The molecule has 0 heterocycles. The zero-order valence-electron chi connectivity index (χ0n) is 10.8. The maximum atomic E-state index is 12.1. The van der Waals surface area contributed by atoms with Crippen LogP contribution < -0.4 is 4.72 Å². The minimum absolute atomic E-state index is 0.0658. The lowest BCUT2D eigenvalue weighted by Crippen LogP contribution is -2.33. The van der Waals surface area contributed by atoms with Crippen molar-refractivity contribution in [2.24, 2.45) is 0 Å². The SMILES string of the molecule is CC(CCS(C)=O)NS(=O)(=O)c1cccc(C#N)c1. The second-order valence-electron chi connectivity index (χ2n) is 4.23. The van der Waals surface area contributed by atoms with Gasteiger partial charge in [0.05, 0.1) is 16.5 Å². The predicted octanol–water partition coefficient (Wildman–Crippen LogP) is 0.994. The van der Waals surface area contributed by atoms with E-state index in [0.717, 1.165) is 0 Å². The fraction of sp³-hybridized carbons (Fsp3) is 0.417. The minimum Gasteiger partial charge on any atom is -0.260 e. The van der Waals surface area contributed by atoms with E-state index in [1.54, 1.807) is 19.2 Å². The van der Waals surface area contributed by atoms with E-state index in [4.69, 9.17) is 5.26 Å². The molecule has 1 aromatic carbocycles. The average Bonchev–Trinajstić information content (AvgIpc) is 2.36. The van der Waals surface area contributed by atoms with Crippen LogP contribution in [0.3, 0.4) is 0 Å². The molecule has 0 aliphatic heterocycles. The molecule has 0 aliphatic rings. The van der Waals surface area contributed by atoms with Crippen molar-refractivity contribution in [2.75, 3.05) is 12.0 Å². The largest absolute Gasteiger partial charge is 0.260 e. The Morgan fingerprint density at radius 2 is 2.16 bits per heavy atom. The van der Waals surface area contributed by atoms with Crippen molar-refractivity contribution >= 4 is 20.8 Å². The van der Waals surface area contributed by atoms with Crippen molar-refractivity contribution in [1.29, 1.82) is 5.26 Å². The van der Waals surface area contributed by atoms with Gasteiger partial charge >= 0.3 is 0 Å². The summed E-state index contributed by atoms with van der Waals surface area (Å²) in [7, 11) is -4.58. The number of rotatable bonds is 6. The van der Waals surface area contributed by atoms with Gasteiger partial charge in [-0.2, -0.15) is 5.26 Å². The van der Waals surface area contributed by atoms with Gasteiger partial charge in [-0.3, -0.25) is 4.21 Å². The molecule has 0 radical (unpaired) electrons. The third-order valence-electron chi connectivity index (χ3n) is 2.47. The highest BCUT2D eigenvalue weighted by molar-refractivity contribution is 7.89. The second-order valence-corrected chi connectivity index (χ2v) is 7.50. The van der Waals surface area contributed by atoms with Gasteiger partial charge in [0.2, 0.25) is 10.0 Å². The zero-order chi connectivity index (χ0) is 14.5. The molecule has 0 aliphatic carbocycles. The molecule has 7 heteroatoms. The van der Waals surface area contributed by atoms with Crippen molar-refractivity contribution in [2.45, 2.75) is 24.3 Å². The summed E-state index contributed by atoms with van der Waals surface area (Å²) in [5.41, 5.74) is 0.296. The molecule has 2 atom stereocenters. The summed E-state index contributed by atoms with van der Waals surface area (Å²) in [4.78, 5) is 0.0658. The van der Waals surface area contributed by atoms with Gasteiger partial charge in [-0.15, -0.1) is 0 Å². The van der Waals surface area contributed by atoms with Crippen molar-refractivity contribution in [3.8, 4) is 6.07 Å². The zero-order valence-corrected chi connectivity index (χ0v) is 12.4. The molecule has 0 spiro atoms. The molecule has 104 valence electrons. The lowest BCUT2D eigenvalue weighted by Gasteiger charge is -2.13. The van der Waals surface area contributed by atoms with Crippen LogP contribution >= 0.6 is 0 Å². The Kier molecular flexibility index (Phi) is 5.66. The van der Waals surface area contributed by atoms with E-state index in [0.29, 0.717) is 17.7 Å². The summed E-state index contributed by atoms with van der Waals surface area (Å²) in [6.45, 7) is 1.72. The van der Waals surface area contributed by atoms with E-state index in [9.17, 15) is 12.6 Å². The topological polar surface area (TPSA) is 87.0 Å². The van der Waals surface area contributed by atoms with Crippen LogP contribution in [0.2, 0.25) is 0 Å². The molecule has 2 unspecified atom stereocenters. The van der Waals surface area contributed by atoms with Gasteiger partial charge in [0.1, 0.15) is 0 Å². The Morgan fingerprint density at radius 3 is 2.74 bits per heavy atom. The Bertz CT molecular complexity index is 606. The van der Waals surface area contributed by atoms with Gasteiger partial charge in [0, 0.05) is 28.9 Å². The van der Waals surface area contributed by atoms with Crippen LogP contribution in [0.25, 0.3) is 0 Å². The van der Waals surface area contributed by atoms with Crippen molar-refractivity contribution < 1.29 is 12.6 Å². The molecule has 0 amide bonds. The van der Waals surface area contributed by atoms with Crippen molar-refractivity contribution in [3.05, 3.63) is 29.8 Å². The van der Waals surface area contributed by atoms with Crippen LogP contribution in [0.1, 0.15) is 18.9 Å². The smallest absolute Gasteiger partial charge is 0.240 e. The number of hydrogen-bond acceptors (Lipinski definition) is 4. The van der Waals surface area contributed by atoms with Gasteiger partial charge in [0.25, 0.3) is 0 Å². The van der Waals surface area contributed by atoms with E-state index in [-0.39, 0.29) is 10.9 Å². The fourth-order valence-corrected chi connectivity index (χ4v) is 3.48. The Hall–Kier alpha value is -1.23. The van der Waals surface area contributed by atoms with Crippen LogP contribution in [0.4, 0.5) is 0 Å². The third-order valence-corrected chi connectivity index (χ3v) is 4.87. The molecule has 19 heavy (non-hydrogen) atoms. The van der Waals surface area contributed by atoms with Gasteiger partial charge in [-0.1, -0.05) is 6.07 Å². The highest BCUT2D eigenvalue weighted by atomic mass is 32.2. The van der Waals surface area contributed by atoms with Crippen molar-refractivity contribution in [1.82, 2.24) is 4.72 Å². The summed E-state index contributed by atoms with van der Waals surface area (Å²) >= 11 is 0. The Balaban J connectivity index is 2.81.